The zero-order chi connectivity index (χ0) is 11.9. The lowest BCUT2D eigenvalue weighted by Gasteiger charge is -2.25. The third kappa shape index (κ3) is 1.51. The molecule has 0 fully saturated rings. The Hall–Kier alpha value is -1.88. The summed E-state index contributed by atoms with van der Waals surface area (Å²) in [6, 6.07) is 8.30. The molecule has 0 bridgehead atoms. The van der Waals surface area contributed by atoms with Crippen LogP contribution in [0.15, 0.2) is 30.6 Å². The third-order valence-electron chi connectivity index (χ3n) is 3.33. The Labute approximate surface area is 108 Å². The minimum atomic E-state index is 0.884. The fourth-order valence-electron chi connectivity index (χ4n) is 2.37. The Balaban J connectivity index is 1.72. The SMILES string of the molecule is c1ccc2sc(N3CCc4nc[nH]c4C3)nc2c1. The molecule has 3 aromatic rings. The average molecular weight is 256 g/mol. The number of aromatic amines is 1. The van der Waals surface area contributed by atoms with E-state index in [-0.39, 0.29) is 0 Å². The highest BCUT2D eigenvalue weighted by molar-refractivity contribution is 7.22. The Morgan fingerprint density at radius 2 is 2.22 bits per heavy atom. The molecular weight excluding hydrogens is 244 g/mol. The lowest BCUT2D eigenvalue weighted by Crippen LogP contribution is -2.30. The molecule has 90 valence electrons. The smallest absolute Gasteiger partial charge is 0.186 e. The quantitative estimate of drug-likeness (QED) is 0.728. The van der Waals surface area contributed by atoms with Gasteiger partial charge in [0.15, 0.2) is 5.13 Å². The van der Waals surface area contributed by atoms with Gasteiger partial charge in [-0.1, -0.05) is 23.5 Å². The van der Waals surface area contributed by atoms with Crippen molar-refractivity contribution >= 4 is 26.7 Å². The normalized spacial score (nSPS) is 15.0. The molecule has 4 nitrogen and oxygen atoms in total. The van der Waals surface area contributed by atoms with Crippen molar-refractivity contribution in [3.05, 3.63) is 42.0 Å². The van der Waals surface area contributed by atoms with Gasteiger partial charge in [-0.3, -0.25) is 0 Å². The van der Waals surface area contributed by atoms with Crippen molar-refractivity contribution in [2.45, 2.75) is 13.0 Å². The van der Waals surface area contributed by atoms with E-state index >= 15 is 0 Å². The third-order valence-corrected chi connectivity index (χ3v) is 4.43. The summed E-state index contributed by atoms with van der Waals surface area (Å²) in [5.41, 5.74) is 3.51. The standard InChI is InChI=1S/C13H12N4S/c1-2-4-12-10(3-1)16-13(18-12)17-6-5-9-11(7-17)15-8-14-9/h1-4,8H,5-7H2,(H,14,15). The maximum atomic E-state index is 4.70. The van der Waals surface area contributed by atoms with Crippen LogP contribution in [-0.2, 0) is 13.0 Å². The lowest BCUT2D eigenvalue weighted by atomic mass is 10.1. The average Bonchev–Trinajstić information content (AvgIpc) is 3.04. The first-order valence-corrected chi connectivity index (χ1v) is 6.83. The van der Waals surface area contributed by atoms with Gasteiger partial charge in [0.1, 0.15) is 0 Å². The van der Waals surface area contributed by atoms with E-state index in [0.717, 1.165) is 30.2 Å². The number of anilines is 1. The van der Waals surface area contributed by atoms with E-state index in [9.17, 15) is 0 Å². The topological polar surface area (TPSA) is 44.8 Å². The van der Waals surface area contributed by atoms with Crippen LogP contribution in [0.25, 0.3) is 10.2 Å². The maximum Gasteiger partial charge on any atom is 0.186 e. The molecule has 0 atom stereocenters. The van der Waals surface area contributed by atoms with E-state index < -0.39 is 0 Å². The molecule has 0 spiro atoms. The molecular formula is C13H12N4S. The van der Waals surface area contributed by atoms with Crippen LogP contribution in [0.2, 0.25) is 0 Å². The fourth-order valence-corrected chi connectivity index (χ4v) is 3.36. The monoisotopic (exact) mass is 256 g/mol. The van der Waals surface area contributed by atoms with Crippen molar-refractivity contribution in [3.63, 3.8) is 0 Å². The second-order valence-electron chi connectivity index (χ2n) is 4.46. The Morgan fingerprint density at radius 3 is 3.17 bits per heavy atom. The van der Waals surface area contributed by atoms with Crippen molar-refractivity contribution in [1.29, 1.82) is 0 Å². The Morgan fingerprint density at radius 1 is 1.28 bits per heavy atom. The predicted molar refractivity (Wildman–Crippen MR) is 73.0 cm³/mol. The number of nitrogens with one attached hydrogen (secondary N) is 1. The molecule has 0 unspecified atom stereocenters. The van der Waals surface area contributed by atoms with Gasteiger partial charge in [0.05, 0.1) is 34.5 Å². The number of para-hydroxylation sites is 1. The van der Waals surface area contributed by atoms with Crippen LogP contribution < -0.4 is 4.90 Å². The van der Waals surface area contributed by atoms with Gasteiger partial charge in [0, 0.05) is 13.0 Å². The highest BCUT2D eigenvalue weighted by Crippen LogP contribution is 2.31. The summed E-state index contributed by atoms with van der Waals surface area (Å²) in [6.07, 6.45) is 2.78. The number of hydrogen-bond acceptors (Lipinski definition) is 4. The molecule has 0 saturated heterocycles. The van der Waals surface area contributed by atoms with Gasteiger partial charge < -0.3 is 9.88 Å². The van der Waals surface area contributed by atoms with Crippen molar-refractivity contribution < 1.29 is 0 Å². The molecule has 2 aromatic heterocycles. The lowest BCUT2D eigenvalue weighted by molar-refractivity contribution is 0.709. The molecule has 1 aliphatic rings. The van der Waals surface area contributed by atoms with Crippen molar-refractivity contribution in [2.75, 3.05) is 11.4 Å². The van der Waals surface area contributed by atoms with Crippen molar-refractivity contribution in [3.8, 4) is 0 Å². The van der Waals surface area contributed by atoms with Crippen LogP contribution in [0.1, 0.15) is 11.4 Å². The summed E-state index contributed by atoms with van der Waals surface area (Å²) in [5.74, 6) is 0. The molecule has 4 rings (SSSR count). The first-order chi connectivity index (χ1) is 8.90. The van der Waals surface area contributed by atoms with Gasteiger partial charge in [0.2, 0.25) is 0 Å². The second kappa shape index (κ2) is 3.81. The number of imidazole rings is 1. The highest BCUT2D eigenvalue weighted by Gasteiger charge is 2.20. The number of H-pyrrole nitrogens is 1. The summed E-state index contributed by atoms with van der Waals surface area (Å²) in [6.45, 7) is 1.88. The molecule has 1 N–H and O–H groups in total. The van der Waals surface area contributed by atoms with Gasteiger partial charge >= 0.3 is 0 Å². The molecule has 1 aromatic carbocycles. The summed E-state index contributed by atoms with van der Waals surface area (Å²) in [4.78, 5) is 14.6. The number of fused-ring (bicyclic) bond motifs is 2. The Bertz CT molecular complexity index is 667. The maximum absolute atomic E-state index is 4.70. The van der Waals surface area contributed by atoms with E-state index in [4.69, 9.17) is 4.98 Å². The van der Waals surface area contributed by atoms with Gasteiger partial charge in [-0.2, -0.15) is 0 Å². The summed E-state index contributed by atoms with van der Waals surface area (Å²) < 4.78 is 1.25. The van der Waals surface area contributed by atoms with E-state index in [2.05, 4.69) is 33.1 Å². The fraction of sp³-hybridized carbons (Fsp3) is 0.231. The second-order valence-corrected chi connectivity index (χ2v) is 5.47. The van der Waals surface area contributed by atoms with Gasteiger partial charge in [-0.25, -0.2) is 9.97 Å². The van der Waals surface area contributed by atoms with E-state index in [1.807, 2.05) is 6.07 Å². The van der Waals surface area contributed by atoms with Gasteiger partial charge in [-0.15, -0.1) is 0 Å². The highest BCUT2D eigenvalue weighted by atomic mass is 32.1. The molecule has 3 heterocycles. The zero-order valence-corrected chi connectivity index (χ0v) is 10.6. The molecule has 18 heavy (non-hydrogen) atoms. The first kappa shape index (κ1) is 10.1. The summed E-state index contributed by atoms with van der Waals surface area (Å²) in [7, 11) is 0. The number of benzene rings is 1. The van der Waals surface area contributed by atoms with E-state index in [1.54, 1.807) is 17.7 Å². The van der Waals surface area contributed by atoms with Crippen LogP contribution >= 0.6 is 11.3 Å². The van der Waals surface area contributed by atoms with Crippen LogP contribution in [0.5, 0.6) is 0 Å². The molecule has 0 aliphatic carbocycles. The number of aromatic nitrogens is 3. The van der Waals surface area contributed by atoms with Gasteiger partial charge in [0.25, 0.3) is 0 Å². The predicted octanol–water partition coefficient (Wildman–Crippen LogP) is 2.58. The molecule has 1 aliphatic heterocycles. The number of thiazole rings is 1. The van der Waals surface area contributed by atoms with E-state index in [1.165, 1.54) is 16.1 Å². The van der Waals surface area contributed by atoms with Crippen LogP contribution in [0.4, 0.5) is 5.13 Å². The summed E-state index contributed by atoms with van der Waals surface area (Å²) in [5, 5.41) is 1.11. The largest absolute Gasteiger partial charge is 0.347 e. The Kier molecular flexibility index (Phi) is 2.14. The first-order valence-electron chi connectivity index (χ1n) is 6.02. The van der Waals surface area contributed by atoms with Crippen LogP contribution in [-0.4, -0.2) is 21.5 Å². The van der Waals surface area contributed by atoms with E-state index in [0.29, 0.717) is 0 Å². The van der Waals surface area contributed by atoms with Gasteiger partial charge in [-0.05, 0) is 12.1 Å². The molecule has 0 saturated carbocycles. The number of nitrogens with zero attached hydrogens (tertiary/aromatic N) is 3. The minimum absolute atomic E-state index is 0.884. The van der Waals surface area contributed by atoms with Crippen molar-refractivity contribution in [1.82, 2.24) is 15.0 Å². The molecule has 5 heteroatoms. The molecule has 0 radical (unpaired) electrons. The summed E-state index contributed by atoms with van der Waals surface area (Å²) >= 11 is 1.76. The molecule has 0 amide bonds. The van der Waals surface area contributed by atoms with Crippen molar-refractivity contribution in [2.24, 2.45) is 0 Å². The van der Waals surface area contributed by atoms with Crippen LogP contribution in [0, 0.1) is 0 Å². The zero-order valence-electron chi connectivity index (χ0n) is 9.76. The van der Waals surface area contributed by atoms with Crippen LogP contribution in [0.3, 0.4) is 0 Å². The minimum Gasteiger partial charge on any atom is -0.347 e. The number of hydrogen-bond donors (Lipinski definition) is 1. The number of rotatable bonds is 1.